The molecule has 2 aromatic carbocycles. The third kappa shape index (κ3) is 3.41. The molecule has 0 saturated carbocycles. The predicted molar refractivity (Wildman–Crippen MR) is 95.7 cm³/mol. The highest BCUT2D eigenvalue weighted by molar-refractivity contribution is 6.33. The van der Waals surface area contributed by atoms with Gasteiger partial charge in [-0.05, 0) is 43.3 Å². The van der Waals surface area contributed by atoms with E-state index in [0.29, 0.717) is 18.0 Å². The Hall–Kier alpha value is -2.79. The van der Waals surface area contributed by atoms with Crippen molar-refractivity contribution < 1.29 is 4.74 Å². The summed E-state index contributed by atoms with van der Waals surface area (Å²) in [6, 6.07) is 16.5. The summed E-state index contributed by atoms with van der Waals surface area (Å²) in [6.07, 6.45) is 1.53. The van der Waals surface area contributed by atoms with Crippen molar-refractivity contribution in [2.24, 2.45) is 0 Å². The monoisotopic (exact) mass is 341 g/mol. The fraction of sp³-hybridized carbons (Fsp3) is 0.111. The average Bonchev–Trinajstić information content (AvgIpc) is 2.62. The van der Waals surface area contributed by atoms with Gasteiger partial charge < -0.3 is 10.1 Å². The van der Waals surface area contributed by atoms with Crippen LogP contribution in [0.4, 0.5) is 11.4 Å². The summed E-state index contributed by atoms with van der Waals surface area (Å²) in [4.78, 5) is 12.4. The Morgan fingerprint density at radius 1 is 1.12 bits per heavy atom. The molecule has 0 amide bonds. The van der Waals surface area contributed by atoms with Crippen LogP contribution in [0.3, 0.4) is 0 Å². The maximum absolute atomic E-state index is 12.4. The third-order valence-electron chi connectivity index (χ3n) is 3.36. The molecular formula is C18H16ClN3O2. The molecule has 0 radical (unpaired) electrons. The lowest BCUT2D eigenvalue weighted by atomic mass is 10.3. The Morgan fingerprint density at radius 2 is 1.83 bits per heavy atom. The number of nitrogens with zero attached hydrogens (tertiary/aromatic N) is 2. The Labute approximate surface area is 144 Å². The van der Waals surface area contributed by atoms with Gasteiger partial charge in [0.15, 0.2) is 0 Å². The molecule has 122 valence electrons. The quantitative estimate of drug-likeness (QED) is 0.761. The minimum absolute atomic E-state index is 0.0859. The van der Waals surface area contributed by atoms with E-state index in [-0.39, 0.29) is 10.6 Å². The molecule has 0 unspecified atom stereocenters. The number of aromatic nitrogens is 2. The van der Waals surface area contributed by atoms with Gasteiger partial charge in [0.05, 0.1) is 24.2 Å². The van der Waals surface area contributed by atoms with Crippen molar-refractivity contribution in [3.63, 3.8) is 0 Å². The lowest BCUT2D eigenvalue weighted by molar-refractivity contribution is 0.340. The molecule has 24 heavy (non-hydrogen) atoms. The standard InChI is InChI=1S/C18H16ClN3O2/c1-2-24-15-10-8-13(9-11-15)21-16-12-20-22(18(23)17(16)19)14-6-4-3-5-7-14/h3-12,21H,2H2,1H3. The van der Waals surface area contributed by atoms with E-state index in [2.05, 4.69) is 10.4 Å². The molecule has 0 aliphatic carbocycles. The Morgan fingerprint density at radius 3 is 2.50 bits per heavy atom. The number of halogens is 1. The first kappa shape index (κ1) is 16.1. The molecule has 0 aliphatic rings. The Kier molecular flexibility index (Phi) is 4.82. The molecule has 1 N–H and O–H groups in total. The number of nitrogens with one attached hydrogen (secondary N) is 1. The molecule has 0 saturated heterocycles. The van der Waals surface area contributed by atoms with E-state index in [1.807, 2.05) is 49.4 Å². The Bertz CT molecular complexity index is 877. The predicted octanol–water partition coefficient (Wildman–Crippen LogP) is 4.03. The number of hydrogen-bond acceptors (Lipinski definition) is 4. The molecular weight excluding hydrogens is 326 g/mol. The minimum atomic E-state index is -0.376. The highest BCUT2D eigenvalue weighted by atomic mass is 35.5. The van der Waals surface area contributed by atoms with Crippen LogP contribution >= 0.6 is 11.6 Å². The largest absolute Gasteiger partial charge is 0.494 e. The summed E-state index contributed by atoms with van der Waals surface area (Å²) in [5.74, 6) is 0.784. The number of anilines is 2. The van der Waals surface area contributed by atoms with Gasteiger partial charge in [0.2, 0.25) is 0 Å². The molecule has 3 rings (SSSR count). The van der Waals surface area contributed by atoms with Crippen LogP contribution in [-0.4, -0.2) is 16.4 Å². The van der Waals surface area contributed by atoms with Gasteiger partial charge in [-0.3, -0.25) is 4.79 Å². The highest BCUT2D eigenvalue weighted by Crippen LogP contribution is 2.23. The first-order valence-electron chi connectivity index (χ1n) is 7.52. The lowest BCUT2D eigenvalue weighted by Crippen LogP contribution is -2.22. The van der Waals surface area contributed by atoms with Crippen molar-refractivity contribution in [1.29, 1.82) is 0 Å². The van der Waals surface area contributed by atoms with Crippen molar-refractivity contribution >= 4 is 23.0 Å². The van der Waals surface area contributed by atoms with Crippen molar-refractivity contribution in [2.45, 2.75) is 6.92 Å². The normalized spacial score (nSPS) is 10.4. The van der Waals surface area contributed by atoms with Crippen LogP contribution in [0.5, 0.6) is 5.75 Å². The van der Waals surface area contributed by atoms with E-state index in [1.54, 1.807) is 12.1 Å². The van der Waals surface area contributed by atoms with Crippen molar-refractivity contribution in [3.8, 4) is 11.4 Å². The number of para-hydroxylation sites is 1. The zero-order valence-electron chi connectivity index (χ0n) is 13.1. The number of ether oxygens (including phenoxy) is 1. The smallest absolute Gasteiger partial charge is 0.292 e. The molecule has 0 fully saturated rings. The highest BCUT2D eigenvalue weighted by Gasteiger charge is 2.10. The topological polar surface area (TPSA) is 56.1 Å². The SMILES string of the molecule is CCOc1ccc(Nc2cnn(-c3ccccc3)c(=O)c2Cl)cc1. The van der Waals surface area contributed by atoms with Crippen LogP contribution in [0, 0.1) is 0 Å². The number of hydrogen-bond donors (Lipinski definition) is 1. The van der Waals surface area contributed by atoms with E-state index >= 15 is 0 Å². The number of rotatable bonds is 5. The number of benzene rings is 2. The first-order valence-corrected chi connectivity index (χ1v) is 7.90. The van der Waals surface area contributed by atoms with E-state index in [1.165, 1.54) is 10.9 Å². The minimum Gasteiger partial charge on any atom is -0.494 e. The second-order valence-corrected chi connectivity index (χ2v) is 5.39. The molecule has 0 aliphatic heterocycles. The van der Waals surface area contributed by atoms with Gasteiger partial charge in [-0.1, -0.05) is 29.8 Å². The van der Waals surface area contributed by atoms with Gasteiger partial charge in [0.25, 0.3) is 5.56 Å². The second-order valence-electron chi connectivity index (χ2n) is 5.01. The van der Waals surface area contributed by atoms with Gasteiger partial charge in [-0.2, -0.15) is 9.78 Å². The van der Waals surface area contributed by atoms with Crippen molar-refractivity contribution in [3.05, 3.63) is 76.2 Å². The second kappa shape index (κ2) is 7.19. The zero-order valence-corrected chi connectivity index (χ0v) is 13.8. The summed E-state index contributed by atoms with van der Waals surface area (Å²) in [5.41, 5.74) is 1.54. The van der Waals surface area contributed by atoms with E-state index < -0.39 is 0 Å². The van der Waals surface area contributed by atoms with Crippen molar-refractivity contribution in [2.75, 3.05) is 11.9 Å². The van der Waals surface area contributed by atoms with E-state index in [0.717, 1.165) is 11.4 Å². The molecule has 0 spiro atoms. The van der Waals surface area contributed by atoms with Crippen LogP contribution in [-0.2, 0) is 0 Å². The van der Waals surface area contributed by atoms with Crippen LogP contribution in [0.1, 0.15) is 6.92 Å². The van der Waals surface area contributed by atoms with Gasteiger partial charge in [0.1, 0.15) is 10.8 Å². The molecule has 1 heterocycles. The van der Waals surface area contributed by atoms with Gasteiger partial charge >= 0.3 is 0 Å². The lowest BCUT2D eigenvalue weighted by Gasteiger charge is -2.11. The van der Waals surface area contributed by atoms with Crippen LogP contribution in [0.15, 0.2) is 65.6 Å². The zero-order chi connectivity index (χ0) is 16.9. The summed E-state index contributed by atoms with van der Waals surface area (Å²) >= 11 is 6.22. The van der Waals surface area contributed by atoms with Gasteiger partial charge in [-0.25, -0.2) is 0 Å². The van der Waals surface area contributed by atoms with Crippen LogP contribution < -0.4 is 15.6 Å². The summed E-state index contributed by atoms with van der Waals surface area (Å²) in [7, 11) is 0. The maximum atomic E-state index is 12.4. The summed E-state index contributed by atoms with van der Waals surface area (Å²) in [6.45, 7) is 2.54. The molecule has 6 heteroatoms. The average molecular weight is 342 g/mol. The fourth-order valence-corrected chi connectivity index (χ4v) is 2.41. The first-order chi connectivity index (χ1) is 11.7. The summed E-state index contributed by atoms with van der Waals surface area (Å²) < 4.78 is 6.67. The third-order valence-corrected chi connectivity index (χ3v) is 3.73. The summed E-state index contributed by atoms with van der Waals surface area (Å²) in [5, 5.41) is 7.37. The maximum Gasteiger partial charge on any atom is 0.292 e. The molecule has 0 bridgehead atoms. The van der Waals surface area contributed by atoms with E-state index in [9.17, 15) is 4.79 Å². The van der Waals surface area contributed by atoms with Gasteiger partial charge in [-0.15, -0.1) is 0 Å². The molecule has 0 atom stereocenters. The molecule has 5 nitrogen and oxygen atoms in total. The Balaban J connectivity index is 1.87. The van der Waals surface area contributed by atoms with E-state index in [4.69, 9.17) is 16.3 Å². The van der Waals surface area contributed by atoms with Crippen LogP contribution in [0.25, 0.3) is 5.69 Å². The van der Waals surface area contributed by atoms with Crippen molar-refractivity contribution in [1.82, 2.24) is 9.78 Å². The van der Waals surface area contributed by atoms with Crippen LogP contribution in [0.2, 0.25) is 5.02 Å². The molecule has 3 aromatic rings. The fourth-order valence-electron chi connectivity index (χ4n) is 2.23. The molecule has 1 aromatic heterocycles. The van der Waals surface area contributed by atoms with Gasteiger partial charge in [0, 0.05) is 5.69 Å².